The van der Waals surface area contributed by atoms with E-state index in [0.29, 0.717) is 24.5 Å². The second-order valence-electron chi connectivity index (χ2n) is 4.23. The van der Waals surface area contributed by atoms with E-state index in [4.69, 9.17) is 15.7 Å². The number of nitrogens with two attached hydrogens (primary N) is 1. The van der Waals surface area contributed by atoms with E-state index >= 15 is 0 Å². The number of allylic oxidation sites excluding steroid dienone is 1. The van der Waals surface area contributed by atoms with Crippen LogP contribution in [0.2, 0.25) is 0 Å². The van der Waals surface area contributed by atoms with Crippen molar-refractivity contribution >= 4 is 5.70 Å². The molecule has 0 radical (unpaired) electrons. The van der Waals surface area contributed by atoms with Crippen LogP contribution in [0.3, 0.4) is 0 Å². The maximum atomic E-state index is 9.07. The smallest absolute Gasteiger partial charge is 0.0968 e. The quantitative estimate of drug-likeness (QED) is 0.809. The molecule has 3 nitrogen and oxygen atoms in total. The van der Waals surface area contributed by atoms with Crippen molar-refractivity contribution in [3.8, 4) is 6.07 Å². The summed E-state index contributed by atoms with van der Waals surface area (Å²) in [5, 5.41) is 9.07. The standard InChI is InChI=1S/C14H16N2O/c1-2-3-11(7-15)14(16)10-4-5-12-8-17-9-13(12)6-10/h4-6H,2-3,8-9,16H2,1H3/b14-11-. The van der Waals surface area contributed by atoms with Gasteiger partial charge >= 0.3 is 0 Å². The minimum atomic E-state index is 0.601. The van der Waals surface area contributed by atoms with Crippen LogP contribution in [0.1, 0.15) is 36.5 Å². The Balaban J connectivity index is 2.37. The third-order valence-corrected chi connectivity index (χ3v) is 2.99. The molecule has 3 heteroatoms. The first-order chi connectivity index (χ1) is 8.26. The van der Waals surface area contributed by atoms with Crippen LogP contribution >= 0.6 is 0 Å². The van der Waals surface area contributed by atoms with Gasteiger partial charge in [-0.15, -0.1) is 0 Å². The molecule has 1 aromatic rings. The highest BCUT2D eigenvalue weighted by Crippen LogP contribution is 2.24. The van der Waals surface area contributed by atoms with E-state index in [1.165, 1.54) is 11.1 Å². The monoisotopic (exact) mass is 228 g/mol. The molecule has 0 atom stereocenters. The Morgan fingerprint density at radius 2 is 2.18 bits per heavy atom. The molecule has 1 aromatic carbocycles. The van der Waals surface area contributed by atoms with Gasteiger partial charge in [-0.1, -0.05) is 25.5 Å². The fourth-order valence-corrected chi connectivity index (χ4v) is 2.01. The number of hydrogen-bond acceptors (Lipinski definition) is 3. The predicted octanol–water partition coefficient (Wildman–Crippen LogP) is 2.71. The minimum absolute atomic E-state index is 0.601. The first-order valence-corrected chi connectivity index (χ1v) is 5.85. The van der Waals surface area contributed by atoms with Gasteiger partial charge in [-0.2, -0.15) is 5.26 Å². The summed E-state index contributed by atoms with van der Waals surface area (Å²) >= 11 is 0. The average molecular weight is 228 g/mol. The minimum Gasteiger partial charge on any atom is -0.397 e. The van der Waals surface area contributed by atoms with Crippen molar-refractivity contribution in [2.24, 2.45) is 5.73 Å². The molecular formula is C14H16N2O. The maximum Gasteiger partial charge on any atom is 0.0968 e. The third-order valence-electron chi connectivity index (χ3n) is 2.99. The summed E-state index contributed by atoms with van der Waals surface area (Å²) in [6.45, 7) is 3.37. The van der Waals surface area contributed by atoms with Crippen LogP contribution in [0.15, 0.2) is 23.8 Å². The fraction of sp³-hybridized carbons (Fsp3) is 0.357. The molecule has 0 unspecified atom stereocenters. The van der Waals surface area contributed by atoms with Gasteiger partial charge in [0.2, 0.25) is 0 Å². The molecule has 1 aliphatic heterocycles. The molecule has 0 saturated heterocycles. The van der Waals surface area contributed by atoms with Gasteiger partial charge in [0.05, 0.1) is 30.6 Å². The lowest BCUT2D eigenvalue weighted by Gasteiger charge is -2.07. The van der Waals surface area contributed by atoms with E-state index in [-0.39, 0.29) is 0 Å². The van der Waals surface area contributed by atoms with Crippen molar-refractivity contribution < 1.29 is 4.74 Å². The molecule has 0 bridgehead atoms. The number of fused-ring (bicyclic) bond motifs is 1. The van der Waals surface area contributed by atoms with Gasteiger partial charge in [-0.05, 0) is 29.2 Å². The lowest BCUT2D eigenvalue weighted by molar-refractivity contribution is 0.134. The Hall–Kier alpha value is -1.79. The number of nitrogens with zero attached hydrogens (tertiary/aromatic N) is 1. The summed E-state index contributed by atoms with van der Waals surface area (Å²) < 4.78 is 5.36. The highest BCUT2D eigenvalue weighted by atomic mass is 16.5. The van der Waals surface area contributed by atoms with E-state index in [2.05, 4.69) is 6.07 Å². The predicted molar refractivity (Wildman–Crippen MR) is 66.6 cm³/mol. The Morgan fingerprint density at radius 1 is 1.41 bits per heavy atom. The van der Waals surface area contributed by atoms with Gasteiger partial charge in [0.15, 0.2) is 0 Å². The molecule has 0 aromatic heterocycles. The van der Waals surface area contributed by atoms with Gasteiger partial charge < -0.3 is 10.5 Å². The SMILES string of the molecule is CCC/C(C#N)=C(/N)c1ccc2c(c1)COC2. The second kappa shape index (κ2) is 5.03. The molecule has 1 aliphatic rings. The molecule has 0 saturated carbocycles. The Labute approximate surface area is 102 Å². The molecule has 0 spiro atoms. The molecular weight excluding hydrogens is 212 g/mol. The van der Waals surface area contributed by atoms with Crippen molar-refractivity contribution in [1.82, 2.24) is 0 Å². The van der Waals surface area contributed by atoms with E-state index in [1.54, 1.807) is 0 Å². The van der Waals surface area contributed by atoms with E-state index in [1.807, 2.05) is 25.1 Å². The summed E-state index contributed by atoms with van der Waals surface area (Å²) in [6, 6.07) is 8.23. The van der Waals surface area contributed by atoms with Crippen LogP contribution < -0.4 is 5.73 Å². The van der Waals surface area contributed by atoms with Crippen LogP contribution in [0.4, 0.5) is 0 Å². The molecule has 0 aliphatic carbocycles. The number of benzene rings is 1. The largest absolute Gasteiger partial charge is 0.397 e. The fourth-order valence-electron chi connectivity index (χ4n) is 2.01. The molecule has 0 fully saturated rings. The number of rotatable bonds is 3. The molecule has 17 heavy (non-hydrogen) atoms. The van der Waals surface area contributed by atoms with Crippen LogP contribution in [0, 0.1) is 11.3 Å². The van der Waals surface area contributed by atoms with Crippen molar-refractivity contribution in [3.63, 3.8) is 0 Å². The van der Waals surface area contributed by atoms with Crippen LogP contribution in [0.25, 0.3) is 5.70 Å². The number of nitriles is 1. The third kappa shape index (κ3) is 2.32. The van der Waals surface area contributed by atoms with Gasteiger partial charge in [-0.25, -0.2) is 0 Å². The van der Waals surface area contributed by atoms with Gasteiger partial charge in [0.25, 0.3) is 0 Å². The summed E-state index contributed by atoms with van der Waals surface area (Å²) in [4.78, 5) is 0. The summed E-state index contributed by atoms with van der Waals surface area (Å²) in [7, 11) is 0. The van der Waals surface area contributed by atoms with Gasteiger partial charge in [-0.3, -0.25) is 0 Å². The van der Waals surface area contributed by atoms with E-state index in [0.717, 1.165) is 18.4 Å². The molecule has 2 N–H and O–H groups in total. The highest BCUT2D eigenvalue weighted by molar-refractivity contribution is 5.69. The first kappa shape index (κ1) is 11.7. The second-order valence-corrected chi connectivity index (χ2v) is 4.23. The zero-order valence-electron chi connectivity index (χ0n) is 9.99. The molecule has 88 valence electrons. The first-order valence-electron chi connectivity index (χ1n) is 5.85. The summed E-state index contributed by atoms with van der Waals surface area (Å²) in [6.07, 6.45) is 1.66. The van der Waals surface area contributed by atoms with Crippen molar-refractivity contribution in [2.75, 3.05) is 0 Å². The zero-order chi connectivity index (χ0) is 12.3. The molecule has 2 rings (SSSR count). The van der Waals surface area contributed by atoms with Crippen LogP contribution in [-0.2, 0) is 18.0 Å². The highest BCUT2D eigenvalue weighted by Gasteiger charge is 2.13. The Bertz CT molecular complexity index is 497. The zero-order valence-corrected chi connectivity index (χ0v) is 9.99. The maximum absolute atomic E-state index is 9.07. The molecule has 0 amide bonds. The van der Waals surface area contributed by atoms with E-state index < -0.39 is 0 Å². The normalized spacial score (nSPS) is 15.1. The Kier molecular flexibility index (Phi) is 3.46. The van der Waals surface area contributed by atoms with Gasteiger partial charge in [0.1, 0.15) is 0 Å². The topological polar surface area (TPSA) is 59.0 Å². The van der Waals surface area contributed by atoms with E-state index in [9.17, 15) is 0 Å². The van der Waals surface area contributed by atoms with Crippen molar-refractivity contribution in [2.45, 2.75) is 33.0 Å². The van der Waals surface area contributed by atoms with Gasteiger partial charge in [0, 0.05) is 0 Å². The lowest BCUT2D eigenvalue weighted by Crippen LogP contribution is -2.02. The lowest BCUT2D eigenvalue weighted by atomic mass is 10.0. The molecule has 1 heterocycles. The summed E-state index contributed by atoms with van der Waals surface area (Å²) in [5.41, 5.74) is 10.6. The van der Waals surface area contributed by atoms with Crippen molar-refractivity contribution in [3.05, 3.63) is 40.5 Å². The summed E-state index contributed by atoms with van der Waals surface area (Å²) in [5.74, 6) is 0. The van der Waals surface area contributed by atoms with Crippen LogP contribution in [0.5, 0.6) is 0 Å². The number of hydrogen-bond donors (Lipinski definition) is 1. The van der Waals surface area contributed by atoms with Crippen LogP contribution in [-0.4, -0.2) is 0 Å². The average Bonchev–Trinajstić information content (AvgIpc) is 2.82. The Morgan fingerprint density at radius 3 is 2.88 bits per heavy atom. The van der Waals surface area contributed by atoms with Crippen molar-refractivity contribution in [1.29, 1.82) is 5.26 Å². The number of ether oxygens (including phenoxy) is 1.